The zero-order valence-corrected chi connectivity index (χ0v) is 5.52. The standard InChI is InChI=1S/C7H7O4/c8-5-3-1-2-4(6(5)9)7(10)11/h1-3,8-11H. The molecule has 0 aliphatic rings. The SMILES string of the molecule is O[C](O)c1cccc(O)c1O. The van der Waals surface area contributed by atoms with Gasteiger partial charge in [0.2, 0.25) is 0 Å². The molecule has 0 bridgehead atoms. The predicted octanol–water partition coefficient (Wildman–Crippen LogP) is 0.680. The van der Waals surface area contributed by atoms with Crippen molar-refractivity contribution in [1.29, 1.82) is 0 Å². The van der Waals surface area contributed by atoms with Crippen molar-refractivity contribution in [2.45, 2.75) is 0 Å². The lowest BCUT2D eigenvalue weighted by Gasteiger charge is -2.04. The Balaban J connectivity index is 3.17. The molecule has 0 aromatic heterocycles. The summed E-state index contributed by atoms with van der Waals surface area (Å²) in [5.74, 6) is -0.921. The van der Waals surface area contributed by atoms with Gasteiger partial charge in [-0.1, -0.05) is 6.07 Å². The van der Waals surface area contributed by atoms with Crippen LogP contribution in [0.4, 0.5) is 0 Å². The Morgan fingerprint density at radius 1 is 1.09 bits per heavy atom. The predicted molar refractivity (Wildman–Crippen MR) is 36.0 cm³/mol. The number of aliphatic hydroxyl groups excluding tert-OH is 1. The van der Waals surface area contributed by atoms with Crippen LogP contribution in [0.25, 0.3) is 0 Å². The van der Waals surface area contributed by atoms with Crippen LogP contribution in [0.1, 0.15) is 5.56 Å². The number of aliphatic hydroxyl groups is 2. The fourth-order valence-corrected chi connectivity index (χ4v) is 0.712. The van der Waals surface area contributed by atoms with Gasteiger partial charge in [0.05, 0.1) is 5.56 Å². The zero-order valence-electron chi connectivity index (χ0n) is 5.52. The fourth-order valence-electron chi connectivity index (χ4n) is 0.712. The molecule has 0 saturated carbocycles. The first-order valence-corrected chi connectivity index (χ1v) is 2.89. The lowest BCUT2D eigenvalue weighted by atomic mass is 10.2. The molecule has 0 aliphatic carbocycles. The molecule has 0 spiro atoms. The molecule has 0 unspecified atom stereocenters. The lowest BCUT2D eigenvalue weighted by molar-refractivity contribution is 0.107. The quantitative estimate of drug-likeness (QED) is 0.449. The van der Waals surface area contributed by atoms with Crippen molar-refractivity contribution in [2.75, 3.05) is 0 Å². The normalized spacial score (nSPS) is 10.5. The van der Waals surface area contributed by atoms with Crippen LogP contribution in [0.3, 0.4) is 0 Å². The summed E-state index contributed by atoms with van der Waals surface area (Å²) in [5, 5.41) is 34.9. The van der Waals surface area contributed by atoms with Gasteiger partial charge in [-0.25, -0.2) is 0 Å². The van der Waals surface area contributed by atoms with E-state index in [0.717, 1.165) is 0 Å². The molecule has 0 fully saturated rings. The molecule has 11 heavy (non-hydrogen) atoms. The molecule has 4 nitrogen and oxygen atoms in total. The average Bonchev–Trinajstić information content (AvgIpc) is 1.94. The number of rotatable bonds is 1. The van der Waals surface area contributed by atoms with E-state index >= 15 is 0 Å². The Morgan fingerprint density at radius 2 is 1.73 bits per heavy atom. The minimum Gasteiger partial charge on any atom is -0.504 e. The Bertz CT molecular complexity index is 257. The van der Waals surface area contributed by atoms with Gasteiger partial charge in [0.15, 0.2) is 11.5 Å². The summed E-state index contributed by atoms with van der Waals surface area (Å²) in [5.41, 5.74) is -0.190. The number of aromatic hydroxyl groups is 2. The number of hydrogen-bond acceptors (Lipinski definition) is 4. The molecule has 0 aliphatic heterocycles. The van der Waals surface area contributed by atoms with E-state index in [4.69, 9.17) is 20.4 Å². The number of phenolic OH excluding ortho intramolecular Hbond substituents is 2. The van der Waals surface area contributed by atoms with Gasteiger partial charge in [-0.2, -0.15) is 0 Å². The smallest absolute Gasteiger partial charge is 0.254 e. The van der Waals surface area contributed by atoms with E-state index in [2.05, 4.69) is 0 Å². The molecule has 0 heterocycles. The maximum Gasteiger partial charge on any atom is 0.254 e. The van der Waals surface area contributed by atoms with Crippen LogP contribution < -0.4 is 0 Å². The second-order valence-electron chi connectivity index (χ2n) is 2.00. The van der Waals surface area contributed by atoms with Crippen molar-refractivity contribution in [2.24, 2.45) is 0 Å². The van der Waals surface area contributed by atoms with Crippen LogP contribution >= 0.6 is 0 Å². The van der Waals surface area contributed by atoms with Gasteiger partial charge in [-0.15, -0.1) is 0 Å². The summed E-state index contributed by atoms with van der Waals surface area (Å²) in [4.78, 5) is 0. The van der Waals surface area contributed by atoms with Gasteiger partial charge in [-0.05, 0) is 12.1 Å². The molecule has 1 aromatic rings. The van der Waals surface area contributed by atoms with E-state index < -0.39 is 12.0 Å². The largest absolute Gasteiger partial charge is 0.504 e. The Morgan fingerprint density at radius 3 is 2.18 bits per heavy atom. The molecule has 59 valence electrons. The third-order valence-electron chi connectivity index (χ3n) is 1.26. The molecular weight excluding hydrogens is 148 g/mol. The maximum absolute atomic E-state index is 8.98. The van der Waals surface area contributed by atoms with Gasteiger partial charge in [-0.3, -0.25) is 0 Å². The molecule has 4 heteroatoms. The minimum atomic E-state index is -1.02. The summed E-state index contributed by atoms with van der Waals surface area (Å²) in [6, 6.07) is 3.89. The highest BCUT2D eigenvalue weighted by atomic mass is 16.5. The van der Waals surface area contributed by atoms with Crippen LogP contribution in [-0.4, -0.2) is 20.4 Å². The first-order chi connectivity index (χ1) is 5.13. The summed E-state index contributed by atoms with van der Waals surface area (Å²) < 4.78 is 0. The van der Waals surface area contributed by atoms with Crippen LogP contribution in [0.2, 0.25) is 0 Å². The molecule has 1 aromatic carbocycles. The minimum absolute atomic E-state index is 0.190. The Labute approximate surface area is 63.0 Å². The Kier molecular flexibility index (Phi) is 1.98. The summed E-state index contributed by atoms with van der Waals surface area (Å²) in [6.07, 6.45) is -1.02. The highest BCUT2D eigenvalue weighted by Crippen LogP contribution is 2.30. The Hall–Kier alpha value is -1.26. The first-order valence-electron chi connectivity index (χ1n) is 2.89. The van der Waals surface area contributed by atoms with Gasteiger partial charge >= 0.3 is 0 Å². The van der Waals surface area contributed by atoms with Crippen LogP contribution in [0, 0.1) is 6.29 Å². The lowest BCUT2D eigenvalue weighted by Crippen LogP contribution is -1.95. The van der Waals surface area contributed by atoms with Crippen molar-refractivity contribution in [3.8, 4) is 11.5 Å². The topological polar surface area (TPSA) is 80.9 Å². The second kappa shape index (κ2) is 2.77. The molecule has 1 radical (unpaired) electrons. The van der Waals surface area contributed by atoms with Crippen molar-refractivity contribution < 1.29 is 20.4 Å². The van der Waals surface area contributed by atoms with E-state index in [1.807, 2.05) is 0 Å². The van der Waals surface area contributed by atoms with Gasteiger partial charge in [0, 0.05) is 0 Å². The molecule has 1 rings (SSSR count). The highest BCUT2D eigenvalue weighted by Gasteiger charge is 2.12. The number of para-hydroxylation sites is 1. The highest BCUT2D eigenvalue weighted by molar-refractivity contribution is 5.47. The summed E-state index contributed by atoms with van der Waals surface area (Å²) in [7, 11) is 0. The van der Waals surface area contributed by atoms with Gasteiger partial charge in [0.1, 0.15) is 0 Å². The molecule has 0 amide bonds. The van der Waals surface area contributed by atoms with Crippen LogP contribution in [0.5, 0.6) is 11.5 Å². The first kappa shape index (κ1) is 7.84. The third-order valence-corrected chi connectivity index (χ3v) is 1.26. The molecule has 0 atom stereocenters. The number of benzene rings is 1. The average molecular weight is 155 g/mol. The zero-order chi connectivity index (χ0) is 8.43. The maximum atomic E-state index is 8.98. The van der Waals surface area contributed by atoms with E-state index in [1.54, 1.807) is 0 Å². The van der Waals surface area contributed by atoms with Crippen molar-refractivity contribution >= 4 is 0 Å². The van der Waals surface area contributed by atoms with E-state index in [0.29, 0.717) is 0 Å². The molecular formula is C7H7O4. The van der Waals surface area contributed by atoms with Crippen LogP contribution in [-0.2, 0) is 0 Å². The van der Waals surface area contributed by atoms with E-state index in [1.165, 1.54) is 18.2 Å². The molecule has 4 N–H and O–H groups in total. The van der Waals surface area contributed by atoms with E-state index in [-0.39, 0.29) is 11.3 Å². The number of hydrogen-bond donors (Lipinski definition) is 4. The summed E-state index contributed by atoms with van der Waals surface area (Å²) >= 11 is 0. The van der Waals surface area contributed by atoms with E-state index in [9.17, 15) is 0 Å². The van der Waals surface area contributed by atoms with Gasteiger partial charge in [0.25, 0.3) is 6.29 Å². The van der Waals surface area contributed by atoms with Crippen molar-refractivity contribution in [3.05, 3.63) is 30.1 Å². The molecule has 0 saturated heterocycles. The summed E-state index contributed by atoms with van der Waals surface area (Å²) in [6.45, 7) is 0. The fraction of sp³-hybridized carbons (Fsp3) is 0. The third kappa shape index (κ3) is 1.42. The van der Waals surface area contributed by atoms with Crippen molar-refractivity contribution in [1.82, 2.24) is 0 Å². The van der Waals surface area contributed by atoms with Gasteiger partial charge < -0.3 is 20.4 Å². The van der Waals surface area contributed by atoms with Crippen LogP contribution in [0.15, 0.2) is 18.2 Å². The van der Waals surface area contributed by atoms with Crippen molar-refractivity contribution in [3.63, 3.8) is 0 Å². The monoisotopic (exact) mass is 155 g/mol. The second-order valence-corrected chi connectivity index (χ2v) is 2.00. The number of phenols is 2.